The molecular weight excluding hydrogens is 256 g/mol. The Labute approximate surface area is 111 Å². The number of amides is 2. The molecule has 0 heterocycles. The number of aliphatic carboxylic acids is 1. The summed E-state index contributed by atoms with van der Waals surface area (Å²) in [6.45, 7) is 1.33. The number of carboxylic acid groups (broad SMARTS) is 1. The zero-order chi connectivity index (χ0) is 13.7. The number of nitrogens with one attached hydrogen (secondary N) is 2. The minimum atomic E-state index is -1.28. The number of rotatable bonds is 5. The van der Waals surface area contributed by atoms with E-state index in [1.54, 1.807) is 11.8 Å². The molecule has 0 bridgehead atoms. The summed E-state index contributed by atoms with van der Waals surface area (Å²) in [5.74, 6) is -1.24. The van der Waals surface area contributed by atoms with E-state index in [0.717, 1.165) is 19.3 Å². The van der Waals surface area contributed by atoms with Gasteiger partial charge in [0, 0.05) is 11.3 Å². The highest BCUT2D eigenvalue weighted by atomic mass is 32.2. The van der Waals surface area contributed by atoms with E-state index < -0.39 is 24.1 Å². The Balaban J connectivity index is 2.39. The third kappa shape index (κ3) is 4.38. The smallest absolute Gasteiger partial charge is 0.328 e. The van der Waals surface area contributed by atoms with E-state index in [1.807, 2.05) is 6.26 Å². The fraction of sp³-hybridized carbons (Fsp3) is 0.818. The van der Waals surface area contributed by atoms with Gasteiger partial charge >= 0.3 is 12.0 Å². The van der Waals surface area contributed by atoms with Gasteiger partial charge in [-0.1, -0.05) is 0 Å². The maximum Gasteiger partial charge on any atom is 0.328 e. The summed E-state index contributed by atoms with van der Waals surface area (Å²) >= 11 is 1.78. The molecule has 18 heavy (non-hydrogen) atoms. The van der Waals surface area contributed by atoms with E-state index in [9.17, 15) is 14.7 Å². The standard InChI is InChI=1S/C11H20N2O4S/c1-6(14)9(10(15)16)13-11(17)12-7-3-4-8(5-7)18-2/h6-9,14H,3-5H2,1-2H3,(H,15,16)(H2,12,13,17)/t6-,7?,8?,9+/m1/s1. The first kappa shape index (κ1) is 15.1. The number of hydrogen-bond acceptors (Lipinski definition) is 4. The van der Waals surface area contributed by atoms with E-state index in [4.69, 9.17) is 5.11 Å². The molecule has 1 rings (SSSR count). The van der Waals surface area contributed by atoms with Crippen LogP contribution in [-0.2, 0) is 4.79 Å². The number of aliphatic hydroxyl groups is 1. The molecule has 1 fully saturated rings. The molecule has 6 nitrogen and oxygen atoms in total. The largest absolute Gasteiger partial charge is 0.480 e. The third-order valence-corrected chi connectivity index (χ3v) is 4.18. The Kier molecular flexibility index (Phi) is 5.74. The second kappa shape index (κ2) is 6.84. The van der Waals surface area contributed by atoms with E-state index in [1.165, 1.54) is 6.92 Å². The fourth-order valence-corrected chi connectivity index (χ4v) is 2.84. The van der Waals surface area contributed by atoms with Gasteiger partial charge in [-0.05, 0) is 32.4 Å². The number of carboxylic acids is 1. The molecule has 1 aliphatic rings. The van der Waals surface area contributed by atoms with Crippen LogP contribution < -0.4 is 10.6 Å². The molecule has 7 heteroatoms. The van der Waals surface area contributed by atoms with Crippen molar-refractivity contribution in [3.63, 3.8) is 0 Å². The van der Waals surface area contributed by atoms with Crippen molar-refractivity contribution < 1.29 is 19.8 Å². The molecule has 2 amide bonds. The maximum absolute atomic E-state index is 11.6. The van der Waals surface area contributed by atoms with Crippen molar-refractivity contribution in [3.05, 3.63) is 0 Å². The minimum Gasteiger partial charge on any atom is -0.480 e. The summed E-state index contributed by atoms with van der Waals surface area (Å²) in [6.07, 6.45) is 3.79. The number of thioether (sulfide) groups is 1. The molecule has 1 aliphatic carbocycles. The number of carbonyl (C=O) groups excluding carboxylic acids is 1. The summed E-state index contributed by atoms with van der Waals surface area (Å²) < 4.78 is 0. The molecule has 0 aliphatic heterocycles. The number of aliphatic hydroxyl groups excluding tert-OH is 1. The monoisotopic (exact) mass is 276 g/mol. The van der Waals surface area contributed by atoms with E-state index in [0.29, 0.717) is 5.25 Å². The van der Waals surface area contributed by atoms with Crippen molar-refractivity contribution in [1.29, 1.82) is 0 Å². The topological polar surface area (TPSA) is 98.7 Å². The van der Waals surface area contributed by atoms with Crippen LogP contribution in [0, 0.1) is 0 Å². The first-order chi connectivity index (χ1) is 8.43. The van der Waals surface area contributed by atoms with E-state index in [-0.39, 0.29) is 6.04 Å². The molecule has 0 aromatic rings. The van der Waals surface area contributed by atoms with Crippen LogP contribution in [0.25, 0.3) is 0 Å². The van der Waals surface area contributed by atoms with Crippen molar-refractivity contribution in [3.8, 4) is 0 Å². The van der Waals surface area contributed by atoms with Gasteiger partial charge in [-0.2, -0.15) is 11.8 Å². The van der Waals surface area contributed by atoms with Crippen molar-refractivity contribution in [2.24, 2.45) is 0 Å². The summed E-state index contributed by atoms with van der Waals surface area (Å²) in [7, 11) is 0. The molecule has 4 atom stereocenters. The minimum absolute atomic E-state index is 0.0888. The predicted octanol–water partition coefficient (Wildman–Crippen LogP) is 0.404. The zero-order valence-electron chi connectivity index (χ0n) is 10.5. The molecule has 104 valence electrons. The average molecular weight is 276 g/mol. The van der Waals surface area contributed by atoms with Gasteiger partial charge in [-0.15, -0.1) is 0 Å². The Bertz CT molecular complexity index is 311. The lowest BCUT2D eigenvalue weighted by atomic mass is 10.2. The summed E-state index contributed by atoms with van der Waals surface area (Å²) in [5, 5.41) is 23.6. The third-order valence-electron chi connectivity index (χ3n) is 3.09. The number of hydrogen-bond donors (Lipinski definition) is 4. The van der Waals surface area contributed by atoms with Crippen molar-refractivity contribution in [2.45, 2.75) is 49.6 Å². The highest BCUT2D eigenvalue weighted by molar-refractivity contribution is 7.99. The lowest BCUT2D eigenvalue weighted by Gasteiger charge is -2.19. The zero-order valence-corrected chi connectivity index (χ0v) is 11.4. The molecular formula is C11H20N2O4S. The summed E-state index contributed by atoms with van der Waals surface area (Å²) in [4.78, 5) is 22.4. The Morgan fingerprint density at radius 2 is 2.06 bits per heavy atom. The molecule has 0 aromatic carbocycles. The lowest BCUT2D eigenvalue weighted by molar-refractivity contribution is -0.141. The van der Waals surface area contributed by atoms with Crippen LogP contribution in [0.5, 0.6) is 0 Å². The van der Waals surface area contributed by atoms with Gasteiger partial charge in [0.05, 0.1) is 6.10 Å². The van der Waals surface area contributed by atoms with Crippen LogP contribution in [0.3, 0.4) is 0 Å². The second-order valence-corrected chi connectivity index (χ2v) is 5.68. The second-order valence-electron chi connectivity index (χ2n) is 4.54. The van der Waals surface area contributed by atoms with Crippen LogP contribution in [0.2, 0.25) is 0 Å². The predicted molar refractivity (Wildman–Crippen MR) is 69.7 cm³/mol. The highest BCUT2D eigenvalue weighted by Crippen LogP contribution is 2.27. The Morgan fingerprint density at radius 3 is 2.50 bits per heavy atom. The average Bonchev–Trinajstić information content (AvgIpc) is 2.72. The van der Waals surface area contributed by atoms with Gasteiger partial charge in [-0.3, -0.25) is 0 Å². The fourth-order valence-electron chi connectivity index (χ4n) is 2.04. The van der Waals surface area contributed by atoms with E-state index >= 15 is 0 Å². The van der Waals surface area contributed by atoms with Gasteiger partial charge in [0.15, 0.2) is 6.04 Å². The first-order valence-electron chi connectivity index (χ1n) is 5.94. The maximum atomic E-state index is 11.6. The Hall–Kier alpha value is -0.950. The summed E-state index contributed by atoms with van der Waals surface area (Å²) in [6, 6.07) is -1.72. The lowest BCUT2D eigenvalue weighted by Crippen LogP contribution is -2.52. The summed E-state index contributed by atoms with van der Waals surface area (Å²) in [5.41, 5.74) is 0. The van der Waals surface area contributed by atoms with Gasteiger partial charge in [0.1, 0.15) is 0 Å². The van der Waals surface area contributed by atoms with Crippen molar-refractivity contribution >= 4 is 23.8 Å². The number of urea groups is 1. The highest BCUT2D eigenvalue weighted by Gasteiger charge is 2.28. The molecule has 2 unspecified atom stereocenters. The van der Waals surface area contributed by atoms with E-state index in [2.05, 4.69) is 10.6 Å². The van der Waals surface area contributed by atoms with Crippen LogP contribution in [0.1, 0.15) is 26.2 Å². The molecule has 4 N–H and O–H groups in total. The molecule has 1 saturated carbocycles. The molecule has 0 spiro atoms. The van der Waals surface area contributed by atoms with Crippen molar-refractivity contribution in [2.75, 3.05) is 6.26 Å². The van der Waals surface area contributed by atoms with Gasteiger partial charge in [0.2, 0.25) is 0 Å². The van der Waals surface area contributed by atoms with Crippen LogP contribution in [0.15, 0.2) is 0 Å². The molecule has 0 aromatic heterocycles. The number of carbonyl (C=O) groups is 2. The van der Waals surface area contributed by atoms with Crippen LogP contribution in [0.4, 0.5) is 4.79 Å². The van der Waals surface area contributed by atoms with Gasteiger partial charge in [-0.25, -0.2) is 9.59 Å². The first-order valence-corrected chi connectivity index (χ1v) is 7.23. The molecule has 0 saturated heterocycles. The van der Waals surface area contributed by atoms with Crippen molar-refractivity contribution in [1.82, 2.24) is 10.6 Å². The normalized spacial score (nSPS) is 26.4. The van der Waals surface area contributed by atoms with Crippen LogP contribution >= 0.6 is 11.8 Å². The molecule has 0 radical (unpaired) electrons. The SMILES string of the molecule is CSC1CCC(NC(=O)N[C@H](C(=O)O)[C@@H](C)O)C1. The quantitative estimate of drug-likeness (QED) is 0.583. The Morgan fingerprint density at radius 1 is 1.39 bits per heavy atom. The van der Waals surface area contributed by atoms with Crippen LogP contribution in [-0.4, -0.2) is 51.9 Å². The van der Waals surface area contributed by atoms with Gasteiger partial charge in [0.25, 0.3) is 0 Å². The van der Waals surface area contributed by atoms with Gasteiger partial charge < -0.3 is 20.8 Å².